The van der Waals surface area contributed by atoms with Crippen LogP contribution in [0.3, 0.4) is 0 Å². The van der Waals surface area contributed by atoms with E-state index in [1.54, 1.807) is 28.4 Å². The van der Waals surface area contributed by atoms with Gasteiger partial charge in [-0.05, 0) is 28.5 Å². The predicted molar refractivity (Wildman–Crippen MR) is 155 cm³/mol. The zero-order valence-corrected chi connectivity index (χ0v) is 23.4. The molecule has 0 N–H and O–H groups in total. The van der Waals surface area contributed by atoms with E-state index in [4.69, 9.17) is 4.74 Å². The number of sulfonamides is 1. The number of fused-ring (bicyclic) bond motifs is 1. The van der Waals surface area contributed by atoms with Crippen LogP contribution in [0.4, 0.5) is 0 Å². The molecule has 2 heterocycles. The second-order valence-corrected chi connectivity index (χ2v) is 12.5. The zero-order valence-electron chi connectivity index (χ0n) is 21.8. The minimum Gasteiger partial charge on any atom is -0.379 e. The summed E-state index contributed by atoms with van der Waals surface area (Å²) in [6.45, 7) is 4.10. The van der Waals surface area contributed by atoms with Crippen LogP contribution in [-0.2, 0) is 32.6 Å². The third kappa shape index (κ3) is 6.93. The molecule has 1 fully saturated rings. The SMILES string of the molecule is O=C(CN(CCN1CCOCC1)S(=O)(=O)c1cccc2ccccc12)N(Cc1ccccc1)Cc1cccs1. The van der Waals surface area contributed by atoms with Gasteiger partial charge in [0.25, 0.3) is 0 Å². The summed E-state index contributed by atoms with van der Waals surface area (Å²) < 4.78 is 35.2. The minimum absolute atomic E-state index is 0.218. The Morgan fingerprint density at radius 1 is 0.872 bits per heavy atom. The lowest BCUT2D eigenvalue weighted by atomic mass is 10.1. The highest BCUT2D eigenvalue weighted by atomic mass is 32.2. The second kappa shape index (κ2) is 12.8. The highest BCUT2D eigenvalue weighted by molar-refractivity contribution is 7.89. The largest absolute Gasteiger partial charge is 0.379 e. The van der Waals surface area contributed by atoms with Crippen molar-refractivity contribution in [3.05, 3.63) is 101 Å². The predicted octanol–water partition coefficient (Wildman–Crippen LogP) is 4.45. The van der Waals surface area contributed by atoms with Gasteiger partial charge in [-0.15, -0.1) is 11.3 Å². The number of hydrogen-bond acceptors (Lipinski definition) is 6. The van der Waals surface area contributed by atoms with Crippen LogP contribution in [-0.4, -0.2) is 74.4 Å². The van der Waals surface area contributed by atoms with E-state index in [2.05, 4.69) is 4.90 Å². The fraction of sp³-hybridized carbons (Fsp3) is 0.300. The normalized spacial score (nSPS) is 14.6. The molecule has 9 heteroatoms. The fourth-order valence-corrected chi connectivity index (χ4v) is 7.11. The lowest BCUT2D eigenvalue weighted by Gasteiger charge is -2.31. The van der Waals surface area contributed by atoms with Gasteiger partial charge in [-0.25, -0.2) is 8.42 Å². The molecular formula is C30H33N3O4S2. The molecule has 204 valence electrons. The minimum atomic E-state index is -3.96. The summed E-state index contributed by atoms with van der Waals surface area (Å²) in [4.78, 5) is 19.1. The van der Waals surface area contributed by atoms with Crippen molar-refractivity contribution in [1.82, 2.24) is 14.1 Å². The van der Waals surface area contributed by atoms with Gasteiger partial charge in [0.05, 0.1) is 31.2 Å². The van der Waals surface area contributed by atoms with Gasteiger partial charge < -0.3 is 9.64 Å². The molecule has 3 aromatic carbocycles. The third-order valence-corrected chi connectivity index (χ3v) is 9.71. The van der Waals surface area contributed by atoms with E-state index in [9.17, 15) is 13.2 Å². The first-order chi connectivity index (χ1) is 19.0. The Hall–Kier alpha value is -3.08. The van der Waals surface area contributed by atoms with Gasteiger partial charge in [0.1, 0.15) is 0 Å². The Kier molecular flexibility index (Phi) is 9.06. The van der Waals surface area contributed by atoms with E-state index in [-0.39, 0.29) is 23.9 Å². The first-order valence-electron chi connectivity index (χ1n) is 13.1. The molecular weight excluding hydrogens is 530 g/mol. The van der Waals surface area contributed by atoms with Crippen LogP contribution in [0.15, 0.2) is 95.2 Å². The van der Waals surface area contributed by atoms with Crippen LogP contribution in [0, 0.1) is 0 Å². The van der Waals surface area contributed by atoms with Crippen molar-refractivity contribution in [2.24, 2.45) is 0 Å². The number of benzene rings is 3. The van der Waals surface area contributed by atoms with Crippen LogP contribution in [0.25, 0.3) is 10.8 Å². The molecule has 0 unspecified atom stereocenters. The van der Waals surface area contributed by atoms with Crippen LogP contribution < -0.4 is 0 Å². The molecule has 0 aliphatic carbocycles. The van der Waals surface area contributed by atoms with Gasteiger partial charge in [0.15, 0.2) is 0 Å². The van der Waals surface area contributed by atoms with Crippen LogP contribution in [0.5, 0.6) is 0 Å². The van der Waals surface area contributed by atoms with Gasteiger partial charge in [-0.1, -0.05) is 72.8 Å². The zero-order chi connectivity index (χ0) is 27.1. The highest BCUT2D eigenvalue weighted by Crippen LogP contribution is 2.26. The van der Waals surface area contributed by atoms with Crippen molar-refractivity contribution < 1.29 is 17.9 Å². The summed E-state index contributed by atoms with van der Waals surface area (Å²) in [5.74, 6) is -0.224. The summed E-state index contributed by atoms with van der Waals surface area (Å²) in [6.07, 6.45) is 0. The molecule has 1 aliphatic heterocycles. The van der Waals surface area contributed by atoms with E-state index >= 15 is 0 Å². The number of ether oxygens (including phenoxy) is 1. The average molecular weight is 564 g/mol. The molecule has 1 aromatic heterocycles. The molecule has 0 atom stereocenters. The molecule has 0 spiro atoms. The number of rotatable bonds is 11. The van der Waals surface area contributed by atoms with Crippen molar-refractivity contribution >= 4 is 38.0 Å². The first kappa shape index (κ1) is 27.5. The van der Waals surface area contributed by atoms with Crippen LogP contribution >= 0.6 is 11.3 Å². The Morgan fingerprint density at radius 2 is 1.62 bits per heavy atom. The topological polar surface area (TPSA) is 70.2 Å². The third-order valence-electron chi connectivity index (χ3n) is 6.94. The molecule has 5 rings (SSSR count). The van der Waals surface area contributed by atoms with Gasteiger partial charge >= 0.3 is 0 Å². The Morgan fingerprint density at radius 3 is 2.38 bits per heavy atom. The van der Waals surface area contributed by atoms with Gasteiger partial charge in [0.2, 0.25) is 15.9 Å². The lowest BCUT2D eigenvalue weighted by molar-refractivity contribution is -0.132. The number of hydrogen-bond donors (Lipinski definition) is 0. The Bertz CT molecular complexity index is 1470. The molecule has 0 saturated carbocycles. The lowest BCUT2D eigenvalue weighted by Crippen LogP contribution is -2.47. The molecule has 0 radical (unpaired) electrons. The van der Waals surface area contributed by atoms with Crippen molar-refractivity contribution in [2.45, 2.75) is 18.0 Å². The molecule has 4 aromatic rings. The number of morpholine rings is 1. The number of thiophene rings is 1. The Labute approximate surface area is 234 Å². The van der Waals surface area contributed by atoms with Crippen molar-refractivity contribution in [2.75, 3.05) is 45.9 Å². The highest BCUT2D eigenvalue weighted by Gasteiger charge is 2.30. The summed E-state index contributed by atoms with van der Waals surface area (Å²) >= 11 is 1.59. The van der Waals surface area contributed by atoms with Gasteiger partial charge in [0, 0.05) is 43.0 Å². The summed E-state index contributed by atoms with van der Waals surface area (Å²) in [5.41, 5.74) is 0.999. The monoisotopic (exact) mass is 563 g/mol. The number of carbonyl (C=O) groups is 1. The Balaban J connectivity index is 1.44. The smallest absolute Gasteiger partial charge is 0.244 e. The van der Waals surface area contributed by atoms with Crippen molar-refractivity contribution in [1.29, 1.82) is 0 Å². The molecule has 1 aliphatic rings. The maximum atomic E-state index is 14.2. The van der Waals surface area contributed by atoms with Crippen LogP contribution in [0.1, 0.15) is 10.4 Å². The molecule has 0 bridgehead atoms. The molecule has 1 saturated heterocycles. The summed E-state index contributed by atoms with van der Waals surface area (Å²) in [6, 6.07) is 26.5. The second-order valence-electron chi connectivity index (χ2n) is 9.58. The molecule has 39 heavy (non-hydrogen) atoms. The van der Waals surface area contributed by atoms with E-state index in [1.807, 2.05) is 78.2 Å². The van der Waals surface area contributed by atoms with Gasteiger partial charge in [-0.3, -0.25) is 9.69 Å². The van der Waals surface area contributed by atoms with Crippen molar-refractivity contribution in [3.63, 3.8) is 0 Å². The summed E-state index contributed by atoms with van der Waals surface area (Å²) in [7, 11) is -3.96. The maximum Gasteiger partial charge on any atom is 0.244 e. The standard InChI is InChI=1S/C30H33N3O4S2/c34-30(32(23-27-12-7-21-38-27)22-25-8-2-1-3-9-25)24-33(16-15-31-17-19-37-20-18-31)39(35,36)29-14-6-11-26-10-4-5-13-28(26)29/h1-14,21H,15-20,22-24H2. The van der Waals surface area contributed by atoms with E-state index in [0.717, 1.165) is 28.9 Å². The number of nitrogens with zero attached hydrogens (tertiary/aromatic N) is 3. The number of amides is 1. The fourth-order valence-electron chi connectivity index (χ4n) is 4.80. The van der Waals surface area contributed by atoms with Crippen LogP contribution in [0.2, 0.25) is 0 Å². The molecule has 7 nitrogen and oxygen atoms in total. The summed E-state index contributed by atoms with van der Waals surface area (Å²) in [5, 5.41) is 3.49. The number of carbonyl (C=O) groups excluding carboxylic acids is 1. The van der Waals surface area contributed by atoms with E-state index < -0.39 is 10.0 Å². The van der Waals surface area contributed by atoms with Gasteiger partial charge in [-0.2, -0.15) is 4.31 Å². The quantitative estimate of drug-likeness (QED) is 0.270. The van der Waals surface area contributed by atoms with E-state index in [0.29, 0.717) is 38.2 Å². The van der Waals surface area contributed by atoms with Crippen molar-refractivity contribution in [3.8, 4) is 0 Å². The average Bonchev–Trinajstić information content (AvgIpc) is 3.48. The van der Waals surface area contributed by atoms with E-state index in [1.165, 1.54) is 4.31 Å². The molecule has 1 amide bonds. The maximum absolute atomic E-state index is 14.2. The first-order valence-corrected chi connectivity index (χ1v) is 15.4.